The molecule has 2 rings (SSSR count). The van der Waals surface area contributed by atoms with Crippen LogP contribution in [0.5, 0.6) is 0 Å². The van der Waals surface area contributed by atoms with Crippen LogP contribution in [0, 0.1) is 0 Å². The molecular formula is C10H13NOS. The molecule has 3 unspecified atom stereocenters. The SMILES string of the molecule is CC1CC(N)c2ccccc2S1=O. The summed E-state index contributed by atoms with van der Waals surface area (Å²) in [7, 11) is -0.861. The molecule has 1 aromatic carbocycles. The number of hydrogen-bond acceptors (Lipinski definition) is 2. The maximum Gasteiger partial charge on any atom is 0.0562 e. The van der Waals surface area contributed by atoms with Gasteiger partial charge in [-0.3, -0.25) is 4.21 Å². The molecule has 0 saturated carbocycles. The highest BCUT2D eigenvalue weighted by Gasteiger charge is 2.27. The van der Waals surface area contributed by atoms with Crippen LogP contribution >= 0.6 is 0 Å². The van der Waals surface area contributed by atoms with Crippen molar-refractivity contribution in [1.82, 2.24) is 0 Å². The molecule has 2 N–H and O–H groups in total. The van der Waals surface area contributed by atoms with Crippen LogP contribution in [0.1, 0.15) is 24.9 Å². The normalized spacial score (nSPS) is 32.6. The third-order valence-electron chi connectivity index (χ3n) is 2.49. The maximum absolute atomic E-state index is 11.8. The molecule has 13 heavy (non-hydrogen) atoms. The van der Waals surface area contributed by atoms with E-state index in [4.69, 9.17) is 5.73 Å². The standard InChI is InChI=1S/C10H13NOS/c1-7-6-9(11)8-4-2-3-5-10(8)13(7)12/h2-5,7,9H,6,11H2,1H3. The van der Waals surface area contributed by atoms with Crippen LogP contribution in [0.4, 0.5) is 0 Å². The molecule has 1 aliphatic heterocycles. The second-order valence-corrected chi connectivity index (χ2v) is 5.33. The second-order valence-electron chi connectivity index (χ2n) is 3.49. The summed E-state index contributed by atoms with van der Waals surface area (Å²) >= 11 is 0. The molecule has 3 atom stereocenters. The fourth-order valence-corrected chi connectivity index (χ4v) is 3.24. The van der Waals surface area contributed by atoms with Gasteiger partial charge >= 0.3 is 0 Å². The number of rotatable bonds is 0. The maximum atomic E-state index is 11.8. The smallest absolute Gasteiger partial charge is 0.0562 e. The van der Waals surface area contributed by atoms with Crippen molar-refractivity contribution in [2.75, 3.05) is 0 Å². The summed E-state index contributed by atoms with van der Waals surface area (Å²) in [6, 6.07) is 7.82. The van der Waals surface area contributed by atoms with Gasteiger partial charge in [-0.25, -0.2) is 0 Å². The van der Waals surface area contributed by atoms with E-state index in [2.05, 4.69) is 0 Å². The number of benzene rings is 1. The highest BCUT2D eigenvalue weighted by atomic mass is 32.2. The Morgan fingerprint density at radius 2 is 2.15 bits per heavy atom. The van der Waals surface area contributed by atoms with E-state index in [0.717, 1.165) is 16.9 Å². The average Bonchev–Trinajstić information content (AvgIpc) is 2.15. The van der Waals surface area contributed by atoms with Crippen LogP contribution in [0.3, 0.4) is 0 Å². The summed E-state index contributed by atoms with van der Waals surface area (Å²) in [5.74, 6) is 0. The van der Waals surface area contributed by atoms with E-state index < -0.39 is 10.8 Å². The molecule has 0 bridgehead atoms. The van der Waals surface area contributed by atoms with Gasteiger partial charge < -0.3 is 5.73 Å². The van der Waals surface area contributed by atoms with Crippen molar-refractivity contribution in [3.8, 4) is 0 Å². The Balaban J connectivity index is 2.54. The number of nitrogens with two attached hydrogens (primary N) is 1. The Morgan fingerprint density at radius 3 is 2.92 bits per heavy atom. The summed E-state index contributed by atoms with van der Waals surface area (Å²) < 4.78 is 11.8. The molecular weight excluding hydrogens is 182 g/mol. The van der Waals surface area contributed by atoms with Crippen molar-refractivity contribution in [3.05, 3.63) is 29.8 Å². The third kappa shape index (κ3) is 1.42. The first-order valence-corrected chi connectivity index (χ1v) is 5.66. The molecule has 0 spiro atoms. The lowest BCUT2D eigenvalue weighted by atomic mass is 10.0. The summed E-state index contributed by atoms with van der Waals surface area (Å²) in [5.41, 5.74) is 7.02. The summed E-state index contributed by atoms with van der Waals surface area (Å²) in [5, 5.41) is 0.185. The summed E-state index contributed by atoms with van der Waals surface area (Å²) in [6.45, 7) is 1.99. The lowest BCUT2D eigenvalue weighted by molar-refractivity contribution is 0.592. The molecule has 0 saturated heterocycles. The van der Waals surface area contributed by atoms with Gasteiger partial charge in [-0.1, -0.05) is 25.1 Å². The molecule has 0 aromatic heterocycles. The summed E-state index contributed by atoms with van der Waals surface area (Å²) in [4.78, 5) is 0.925. The van der Waals surface area contributed by atoms with E-state index in [1.54, 1.807) is 0 Å². The van der Waals surface area contributed by atoms with Gasteiger partial charge in [0.1, 0.15) is 0 Å². The molecule has 1 aromatic rings. The number of hydrogen-bond donors (Lipinski definition) is 1. The van der Waals surface area contributed by atoms with Crippen molar-refractivity contribution in [3.63, 3.8) is 0 Å². The monoisotopic (exact) mass is 195 g/mol. The van der Waals surface area contributed by atoms with Gasteiger partial charge in [0, 0.05) is 16.2 Å². The first-order chi connectivity index (χ1) is 6.20. The molecule has 1 heterocycles. The van der Waals surface area contributed by atoms with Gasteiger partial charge in [0.2, 0.25) is 0 Å². The Kier molecular flexibility index (Phi) is 2.22. The van der Waals surface area contributed by atoms with Crippen LogP contribution in [0.25, 0.3) is 0 Å². The molecule has 70 valence electrons. The average molecular weight is 195 g/mol. The van der Waals surface area contributed by atoms with Crippen molar-refractivity contribution in [1.29, 1.82) is 0 Å². The largest absolute Gasteiger partial charge is 0.324 e. The predicted molar refractivity (Wildman–Crippen MR) is 53.9 cm³/mol. The molecule has 1 aliphatic rings. The van der Waals surface area contributed by atoms with E-state index in [-0.39, 0.29) is 11.3 Å². The fraction of sp³-hybridized carbons (Fsp3) is 0.400. The van der Waals surface area contributed by atoms with Crippen LogP contribution < -0.4 is 5.73 Å². The van der Waals surface area contributed by atoms with Crippen LogP contribution in [-0.4, -0.2) is 9.46 Å². The second kappa shape index (κ2) is 3.24. The zero-order chi connectivity index (χ0) is 9.42. The van der Waals surface area contributed by atoms with Gasteiger partial charge in [-0.2, -0.15) is 0 Å². The van der Waals surface area contributed by atoms with Crippen LogP contribution in [0.15, 0.2) is 29.2 Å². The lowest BCUT2D eigenvalue weighted by Crippen LogP contribution is -2.27. The van der Waals surface area contributed by atoms with E-state index >= 15 is 0 Å². The molecule has 0 amide bonds. The predicted octanol–water partition coefficient (Wildman–Crippen LogP) is 1.59. The molecule has 2 nitrogen and oxygen atoms in total. The van der Waals surface area contributed by atoms with E-state index in [1.165, 1.54) is 0 Å². The Hall–Kier alpha value is -0.670. The van der Waals surface area contributed by atoms with Gasteiger partial charge in [-0.05, 0) is 18.1 Å². The van der Waals surface area contributed by atoms with Crippen molar-refractivity contribution in [2.45, 2.75) is 29.5 Å². The third-order valence-corrected chi connectivity index (χ3v) is 4.22. The lowest BCUT2D eigenvalue weighted by Gasteiger charge is -2.26. The zero-order valence-corrected chi connectivity index (χ0v) is 8.38. The van der Waals surface area contributed by atoms with Crippen LogP contribution in [-0.2, 0) is 10.8 Å². The summed E-state index contributed by atoms with van der Waals surface area (Å²) in [6.07, 6.45) is 0.823. The van der Waals surface area contributed by atoms with E-state index in [1.807, 2.05) is 31.2 Å². The topological polar surface area (TPSA) is 43.1 Å². The molecule has 0 aliphatic carbocycles. The molecule has 3 heteroatoms. The van der Waals surface area contributed by atoms with Gasteiger partial charge in [-0.15, -0.1) is 0 Å². The van der Waals surface area contributed by atoms with Gasteiger partial charge in [0.15, 0.2) is 0 Å². The van der Waals surface area contributed by atoms with Crippen molar-refractivity contribution in [2.24, 2.45) is 5.73 Å². The Bertz CT molecular complexity index is 351. The van der Waals surface area contributed by atoms with Crippen molar-refractivity contribution < 1.29 is 4.21 Å². The van der Waals surface area contributed by atoms with E-state index in [0.29, 0.717) is 0 Å². The fourth-order valence-electron chi connectivity index (χ4n) is 1.76. The van der Waals surface area contributed by atoms with Gasteiger partial charge in [0.05, 0.1) is 10.8 Å². The highest BCUT2D eigenvalue weighted by Crippen LogP contribution is 2.31. The molecule has 0 fully saturated rings. The first-order valence-electron chi connectivity index (χ1n) is 4.45. The zero-order valence-electron chi connectivity index (χ0n) is 7.57. The van der Waals surface area contributed by atoms with Crippen molar-refractivity contribution >= 4 is 10.8 Å². The first kappa shape index (κ1) is 8.91. The minimum atomic E-state index is -0.861. The minimum Gasteiger partial charge on any atom is -0.324 e. The quantitative estimate of drug-likeness (QED) is 0.683. The van der Waals surface area contributed by atoms with Crippen LogP contribution in [0.2, 0.25) is 0 Å². The highest BCUT2D eigenvalue weighted by molar-refractivity contribution is 7.85. The van der Waals surface area contributed by atoms with Gasteiger partial charge in [0.25, 0.3) is 0 Å². The minimum absolute atomic E-state index is 0.0592. The Labute approximate surface area is 80.6 Å². The number of fused-ring (bicyclic) bond motifs is 1. The Morgan fingerprint density at radius 1 is 1.46 bits per heavy atom. The molecule has 0 radical (unpaired) electrons. The van der Waals surface area contributed by atoms with E-state index in [9.17, 15) is 4.21 Å².